The molecule has 1 atom stereocenters. The first-order valence-electron chi connectivity index (χ1n) is 9.90. The van der Waals surface area contributed by atoms with Crippen molar-refractivity contribution >= 4 is 28.8 Å². The Kier molecular flexibility index (Phi) is 5.55. The van der Waals surface area contributed by atoms with Gasteiger partial charge in [-0.05, 0) is 56.0 Å². The van der Waals surface area contributed by atoms with Crippen LogP contribution < -0.4 is 10.1 Å². The number of carbonyl (C=O) groups is 2. The molecule has 0 spiro atoms. The van der Waals surface area contributed by atoms with E-state index >= 15 is 0 Å². The smallest absolute Gasteiger partial charge is 0.258 e. The molecular weight excluding hydrogens is 387 g/mol. The molecule has 3 aromatic rings. The average molecular weight is 410 g/mol. The monoisotopic (exact) mass is 410 g/mol. The number of benzene rings is 2. The van der Waals surface area contributed by atoms with Gasteiger partial charge in [0, 0.05) is 23.7 Å². The van der Waals surface area contributed by atoms with Crippen LogP contribution in [0.3, 0.4) is 0 Å². The molecule has 0 unspecified atom stereocenters. The van der Waals surface area contributed by atoms with Crippen LogP contribution in [0.25, 0.3) is 10.9 Å². The molecule has 6 nitrogen and oxygen atoms in total. The molecule has 1 aromatic heterocycles. The Morgan fingerprint density at radius 1 is 1.30 bits per heavy atom. The number of fused-ring (bicyclic) bond motifs is 1. The minimum atomic E-state index is -0.657. The van der Waals surface area contributed by atoms with E-state index in [2.05, 4.69) is 10.3 Å². The Labute approximate surface area is 173 Å². The van der Waals surface area contributed by atoms with Gasteiger partial charge in [-0.25, -0.2) is 4.39 Å². The lowest BCUT2D eigenvalue weighted by molar-refractivity contribution is 0.0678. The van der Waals surface area contributed by atoms with Gasteiger partial charge in [0.15, 0.2) is 6.29 Å². The summed E-state index contributed by atoms with van der Waals surface area (Å²) < 4.78 is 25.6. The van der Waals surface area contributed by atoms with E-state index in [1.165, 1.54) is 12.1 Å². The molecule has 1 amide bonds. The molecule has 1 aliphatic rings. The van der Waals surface area contributed by atoms with Gasteiger partial charge in [-0.1, -0.05) is 6.07 Å². The number of nitrogens with one attached hydrogen (secondary N) is 2. The highest BCUT2D eigenvalue weighted by molar-refractivity contribution is 6.06. The van der Waals surface area contributed by atoms with E-state index in [1.54, 1.807) is 12.1 Å². The van der Waals surface area contributed by atoms with Crippen LogP contribution in [0.2, 0.25) is 0 Å². The number of carbonyl (C=O) groups excluding carboxylic acids is 2. The lowest BCUT2D eigenvalue weighted by Crippen LogP contribution is -2.17. The molecule has 0 aliphatic carbocycles. The zero-order valence-corrected chi connectivity index (χ0v) is 16.9. The summed E-state index contributed by atoms with van der Waals surface area (Å²) in [7, 11) is 0. The molecule has 30 heavy (non-hydrogen) atoms. The molecule has 0 radical (unpaired) electrons. The van der Waals surface area contributed by atoms with Crippen LogP contribution in [0.15, 0.2) is 30.3 Å². The second-order valence-corrected chi connectivity index (χ2v) is 7.48. The topological polar surface area (TPSA) is 80.4 Å². The van der Waals surface area contributed by atoms with E-state index < -0.39 is 11.7 Å². The first-order chi connectivity index (χ1) is 14.5. The number of amides is 1. The molecule has 2 aromatic carbocycles. The number of H-pyrrole nitrogens is 1. The van der Waals surface area contributed by atoms with E-state index in [0.29, 0.717) is 23.7 Å². The SMILES string of the molecule is Cc1c(C=O)[nH]c2c(C)c(NC(=O)c3ccc(OC[C@@H]4CCCO4)cc3F)ccc12. The van der Waals surface area contributed by atoms with Gasteiger partial charge in [0.25, 0.3) is 5.91 Å². The van der Waals surface area contributed by atoms with E-state index in [4.69, 9.17) is 9.47 Å². The van der Waals surface area contributed by atoms with Crippen molar-refractivity contribution in [2.45, 2.75) is 32.8 Å². The van der Waals surface area contributed by atoms with E-state index in [9.17, 15) is 14.0 Å². The minimum Gasteiger partial charge on any atom is -0.491 e. The van der Waals surface area contributed by atoms with Crippen molar-refractivity contribution in [1.29, 1.82) is 0 Å². The number of aromatic amines is 1. The second-order valence-electron chi connectivity index (χ2n) is 7.48. The molecule has 2 N–H and O–H groups in total. The average Bonchev–Trinajstić information content (AvgIpc) is 3.36. The Morgan fingerprint density at radius 2 is 2.13 bits per heavy atom. The number of hydrogen-bond donors (Lipinski definition) is 2. The molecule has 4 rings (SSSR count). The lowest BCUT2D eigenvalue weighted by atomic mass is 10.1. The summed E-state index contributed by atoms with van der Waals surface area (Å²) in [5.74, 6) is -0.852. The van der Waals surface area contributed by atoms with Crippen molar-refractivity contribution in [3.8, 4) is 5.75 Å². The van der Waals surface area contributed by atoms with E-state index in [1.807, 2.05) is 19.9 Å². The maximum absolute atomic E-state index is 14.5. The molecule has 1 fully saturated rings. The van der Waals surface area contributed by atoms with Gasteiger partial charge in [-0.2, -0.15) is 0 Å². The van der Waals surface area contributed by atoms with Gasteiger partial charge in [0.1, 0.15) is 18.2 Å². The largest absolute Gasteiger partial charge is 0.491 e. The predicted molar refractivity (Wildman–Crippen MR) is 112 cm³/mol. The van der Waals surface area contributed by atoms with Crippen LogP contribution in [-0.4, -0.2) is 36.5 Å². The normalized spacial score (nSPS) is 16.0. The van der Waals surface area contributed by atoms with Crippen LogP contribution in [-0.2, 0) is 4.74 Å². The van der Waals surface area contributed by atoms with Crippen molar-refractivity contribution in [2.24, 2.45) is 0 Å². The number of anilines is 1. The lowest BCUT2D eigenvalue weighted by Gasteiger charge is -2.13. The van der Waals surface area contributed by atoms with Gasteiger partial charge in [0.2, 0.25) is 0 Å². The number of hydrogen-bond acceptors (Lipinski definition) is 4. The summed E-state index contributed by atoms with van der Waals surface area (Å²) in [4.78, 5) is 26.9. The molecular formula is C23H23FN2O4. The number of aldehydes is 1. The highest BCUT2D eigenvalue weighted by Crippen LogP contribution is 2.29. The number of rotatable bonds is 6. The molecule has 0 bridgehead atoms. The molecule has 7 heteroatoms. The minimum absolute atomic E-state index is 0.0327. The zero-order valence-electron chi connectivity index (χ0n) is 16.9. The van der Waals surface area contributed by atoms with Gasteiger partial charge in [-0.3, -0.25) is 9.59 Å². The summed E-state index contributed by atoms with van der Waals surface area (Å²) in [5.41, 5.74) is 3.37. The van der Waals surface area contributed by atoms with Crippen LogP contribution in [0.5, 0.6) is 5.75 Å². The maximum Gasteiger partial charge on any atom is 0.258 e. The number of ether oxygens (including phenoxy) is 2. The second kappa shape index (κ2) is 8.28. The molecule has 1 saturated heterocycles. The number of halogens is 1. The van der Waals surface area contributed by atoms with Crippen molar-refractivity contribution in [2.75, 3.05) is 18.5 Å². The fraction of sp³-hybridized carbons (Fsp3) is 0.304. The van der Waals surface area contributed by atoms with Gasteiger partial charge >= 0.3 is 0 Å². The first-order valence-corrected chi connectivity index (χ1v) is 9.90. The third-order valence-electron chi connectivity index (χ3n) is 5.54. The highest BCUT2D eigenvalue weighted by Gasteiger charge is 2.18. The molecule has 0 saturated carbocycles. The third kappa shape index (κ3) is 3.80. The van der Waals surface area contributed by atoms with E-state index in [0.717, 1.165) is 47.8 Å². The summed E-state index contributed by atoms with van der Waals surface area (Å²) in [6.07, 6.45) is 2.74. The van der Waals surface area contributed by atoms with E-state index in [-0.39, 0.29) is 11.7 Å². The standard InChI is InChI=1S/C23H23FN2O4/c1-13-17-7-8-20(14(2)22(17)25-21(13)11-27)26-23(28)18-6-5-15(10-19(18)24)30-12-16-4-3-9-29-16/h5-8,10-11,16,25H,3-4,9,12H2,1-2H3,(H,26,28)/t16-/m0/s1. The predicted octanol–water partition coefficient (Wildman–Crippen LogP) is 4.55. The highest BCUT2D eigenvalue weighted by atomic mass is 19.1. The Hall–Kier alpha value is -3.19. The van der Waals surface area contributed by atoms with Crippen LogP contribution >= 0.6 is 0 Å². The van der Waals surface area contributed by atoms with Crippen molar-refractivity contribution in [3.05, 3.63) is 58.5 Å². The Bertz CT molecular complexity index is 1120. The Balaban J connectivity index is 1.50. The fourth-order valence-electron chi connectivity index (χ4n) is 3.74. The third-order valence-corrected chi connectivity index (χ3v) is 5.54. The van der Waals surface area contributed by atoms with Crippen molar-refractivity contribution in [3.63, 3.8) is 0 Å². The van der Waals surface area contributed by atoms with Gasteiger partial charge in [0.05, 0.1) is 22.9 Å². The molecule has 2 heterocycles. The fourth-order valence-corrected chi connectivity index (χ4v) is 3.74. The quantitative estimate of drug-likeness (QED) is 0.585. The molecule has 156 valence electrons. The summed E-state index contributed by atoms with van der Waals surface area (Å²) in [5, 5.41) is 3.66. The first kappa shape index (κ1) is 20.1. The van der Waals surface area contributed by atoms with Gasteiger partial charge < -0.3 is 19.8 Å². The summed E-state index contributed by atoms with van der Waals surface area (Å²) >= 11 is 0. The van der Waals surface area contributed by atoms with Gasteiger partial charge in [-0.15, -0.1) is 0 Å². The Morgan fingerprint density at radius 3 is 2.83 bits per heavy atom. The van der Waals surface area contributed by atoms with Crippen LogP contribution in [0.1, 0.15) is 44.8 Å². The number of aryl methyl sites for hydroxylation is 2. The zero-order chi connectivity index (χ0) is 21.3. The van der Waals surface area contributed by atoms with Crippen molar-refractivity contribution < 1.29 is 23.5 Å². The number of aromatic nitrogens is 1. The molecule has 1 aliphatic heterocycles. The van der Waals surface area contributed by atoms with Crippen LogP contribution in [0, 0.1) is 19.7 Å². The summed E-state index contributed by atoms with van der Waals surface area (Å²) in [6.45, 7) is 4.78. The summed E-state index contributed by atoms with van der Waals surface area (Å²) in [6, 6.07) is 7.78. The van der Waals surface area contributed by atoms with Crippen molar-refractivity contribution in [1.82, 2.24) is 4.98 Å². The maximum atomic E-state index is 14.5. The van der Waals surface area contributed by atoms with Crippen LogP contribution in [0.4, 0.5) is 10.1 Å².